The molecule has 19 heavy (non-hydrogen) atoms. The average molecular weight is 278 g/mol. The van der Waals surface area contributed by atoms with Crippen LogP contribution in [0.2, 0.25) is 0 Å². The predicted molar refractivity (Wildman–Crippen MR) is 76.2 cm³/mol. The van der Waals surface area contributed by atoms with E-state index in [1.54, 1.807) is 24.7 Å². The highest BCUT2D eigenvalue weighted by Crippen LogP contribution is 2.14. The first-order chi connectivity index (χ1) is 9.06. The molecule has 0 bridgehead atoms. The van der Waals surface area contributed by atoms with E-state index >= 15 is 0 Å². The summed E-state index contributed by atoms with van der Waals surface area (Å²) in [4.78, 5) is 2.27. The van der Waals surface area contributed by atoms with Crippen molar-refractivity contribution >= 4 is 17.2 Å². The fourth-order valence-electron chi connectivity index (χ4n) is 1.89. The van der Waals surface area contributed by atoms with Crippen LogP contribution in [0.1, 0.15) is 16.7 Å². The summed E-state index contributed by atoms with van der Waals surface area (Å²) in [6.07, 6.45) is 3.30. The lowest BCUT2D eigenvalue weighted by Gasteiger charge is -2.16. The Kier molecular flexibility index (Phi) is 4.29. The fourth-order valence-corrected chi connectivity index (χ4v) is 2.02. The highest BCUT2D eigenvalue weighted by molar-refractivity contribution is 7.80. The van der Waals surface area contributed by atoms with E-state index in [2.05, 4.69) is 0 Å². The summed E-state index contributed by atoms with van der Waals surface area (Å²) in [7, 11) is 1.92. The molecular formula is C14H15FN2OS. The zero-order valence-electron chi connectivity index (χ0n) is 10.6. The highest BCUT2D eigenvalue weighted by atomic mass is 32.1. The van der Waals surface area contributed by atoms with Gasteiger partial charge in [0.1, 0.15) is 10.8 Å². The molecule has 5 heteroatoms. The largest absolute Gasteiger partial charge is 0.472 e. The van der Waals surface area contributed by atoms with Gasteiger partial charge in [0.15, 0.2) is 0 Å². The number of thiocarbonyl (C=S) groups is 1. The molecule has 0 aliphatic heterocycles. The van der Waals surface area contributed by atoms with Crippen molar-refractivity contribution in [2.75, 3.05) is 7.05 Å². The van der Waals surface area contributed by atoms with E-state index in [-0.39, 0.29) is 10.8 Å². The van der Waals surface area contributed by atoms with Gasteiger partial charge < -0.3 is 10.2 Å². The molecule has 3 nitrogen and oxygen atoms in total. The topological polar surface area (TPSA) is 42.4 Å². The van der Waals surface area contributed by atoms with Gasteiger partial charge in [-0.15, -0.1) is 0 Å². The summed E-state index contributed by atoms with van der Waals surface area (Å²) in [6.45, 7) is 1.17. The first kappa shape index (κ1) is 13.7. The highest BCUT2D eigenvalue weighted by Gasteiger charge is 2.09. The lowest BCUT2D eigenvalue weighted by Crippen LogP contribution is -2.18. The van der Waals surface area contributed by atoms with Crippen LogP contribution in [-0.2, 0) is 13.1 Å². The van der Waals surface area contributed by atoms with Gasteiger partial charge in [-0.25, -0.2) is 4.39 Å². The summed E-state index contributed by atoms with van der Waals surface area (Å²) in [5.41, 5.74) is 7.87. The van der Waals surface area contributed by atoms with E-state index in [0.717, 1.165) is 5.56 Å². The second kappa shape index (κ2) is 5.95. The Morgan fingerprint density at radius 3 is 2.79 bits per heavy atom. The molecule has 0 fully saturated rings. The average Bonchev–Trinajstić information content (AvgIpc) is 2.84. The van der Waals surface area contributed by atoms with Crippen molar-refractivity contribution < 1.29 is 8.81 Å². The summed E-state index contributed by atoms with van der Waals surface area (Å²) < 4.78 is 18.7. The number of hydrogen-bond acceptors (Lipinski definition) is 3. The first-order valence-electron chi connectivity index (χ1n) is 5.84. The maximum absolute atomic E-state index is 13.7. The predicted octanol–water partition coefficient (Wildman–Crippen LogP) is 2.68. The van der Waals surface area contributed by atoms with Crippen molar-refractivity contribution in [2.24, 2.45) is 5.73 Å². The summed E-state index contributed by atoms with van der Waals surface area (Å²) >= 11 is 4.90. The quantitative estimate of drug-likeness (QED) is 0.854. The third-order valence-corrected chi connectivity index (χ3v) is 3.04. The van der Waals surface area contributed by atoms with Gasteiger partial charge in [0.25, 0.3) is 0 Å². The Morgan fingerprint density at radius 2 is 2.16 bits per heavy atom. The summed E-state index contributed by atoms with van der Waals surface area (Å²) in [6, 6.07) is 6.58. The van der Waals surface area contributed by atoms with Gasteiger partial charge in [0.05, 0.1) is 12.5 Å². The maximum Gasteiger partial charge on any atom is 0.127 e. The Bertz CT molecular complexity index is 569. The lowest BCUT2D eigenvalue weighted by molar-refractivity contribution is 0.312. The number of hydrogen-bond donors (Lipinski definition) is 1. The fraction of sp³-hybridized carbons (Fsp3) is 0.214. The Balaban J connectivity index is 2.09. The molecule has 0 saturated carbocycles. The summed E-state index contributed by atoms with van der Waals surface area (Å²) in [5, 5.41) is 0. The van der Waals surface area contributed by atoms with Crippen LogP contribution < -0.4 is 5.73 Å². The van der Waals surface area contributed by atoms with Crippen LogP contribution in [0.5, 0.6) is 0 Å². The molecule has 2 N–H and O–H groups in total. The van der Waals surface area contributed by atoms with Crippen LogP contribution in [-0.4, -0.2) is 16.9 Å². The van der Waals surface area contributed by atoms with Crippen molar-refractivity contribution in [3.8, 4) is 0 Å². The number of benzene rings is 1. The van der Waals surface area contributed by atoms with Crippen molar-refractivity contribution in [1.82, 2.24) is 4.90 Å². The van der Waals surface area contributed by atoms with Gasteiger partial charge in [-0.2, -0.15) is 0 Å². The van der Waals surface area contributed by atoms with E-state index < -0.39 is 0 Å². The van der Waals surface area contributed by atoms with Crippen LogP contribution >= 0.6 is 12.2 Å². The summed E-state index contributed by atoms with van der Waals surface area (Å²) in [5.74, 6) is -0.251. The minimum Gasteiger partial charge on any atom is -0.472 e. The molecular weight excluding hydrogens is 263 g/mol. The van der Waals surface area contributed by atoms with Gasteiger partial charge in [0.2, 0.25) is 0 Å². The SMILES string of the molecule is CN(Cc1ccoc1)Cc1cc(C(N)=S)ccc1F. The van der Waals surface area contributed by atoms with Gasteiger partial charge in [-0.3, -0.25) is 4.90 Å². The number of rotatable bonds is 5. The number of nitrogens with two attached hydrogens (primary N) is 1. The number of halogens is 1. The minimum absolute atomic E-state index is 0.251. The Hall–Kier alpha value is -1.72. The normalized spacial score (nSPS) is 10.9. The molecule has 1 aromatic carbocycles. The molecule has 0 saturated heterocycles. The smallest absolute Gasteiger partial charge is 0.127 e. The molecule has 0 unspecified atom stereocenters. The van der Waals surface area contributed by atoms with E-state index in [4.69, 9.17) is 22.4 Å². The van der Waals surface area contributed by atoms with Crippen LogP contribution in [0.3, 0.4) is 0 Å². The molecule has 2 aromatic rings. The molecule has 0 spiro atoms. The standard InChI is InChI=1S/C14H15FN2OS/c1-17(7-10-4-5-18-9-10)8-12-6-11(14(16)19)2-3-13(12)15/h2-6,9H,7-8H2,1H3,(H2,16,19). The van der Waals surface area contributed by atoms with E-state index in [0.29, 0.717) is 24.2 Å². The zero-order valence-corrected chi connectivity index (χ0v) is 11.4. The van der Waals surface area contributed by atoms with Crippen molar-refractivity contribution in [3.63, 3.8) is 0 Å². The molecule has 0 amide bonds. The Morgan fingerprint density at radius 1 is 1.37 bits per heavy atom. The van der Waals surface area contributed by atoms with Crippen molar-refractivity contribution in [1.29, 1.82) is 0 Å². The maximum atomic E-state index is 13.7. The lowest BCUT2D eigenvalue weighted by atomic mass is 10.1. The second-order valence-electron chi connectivity index (χ2n) is 4.47. The van der Waals surface area contributed by atoms with E-state index in [1.165, 1.54) is 6.07 Å². The van der Waals surface area contributed by atoms with Gasteiger partial charge in [-0.1, -0.05) is 12.2 Å². The minimum atomic E-state index is -0.251. The van der Waals surface area contributed by atoms with Gasteiger partial charge in [0, 0.05) is 29.8 Å². The van der Waals surface area contributed by atoms with Gasteiger partial charge in [-0.05, 0) is 31.3 Å². The third-order valence-electron chi connectivity index (χ3n) is 2.80. The molecule has 0 radical (unpaired) electrons. The van der Waals surface area contributed by atoms with Crippen LogP contribution in [0, 0.1) is 5.82 Å². The first-order valence-corrected chi connectivity index (χ1v) is 6.25. The monoisotopic (exact) mass is 278 g/mol. The molecule has 1 heterocycles. The molecule has 100 valence electrons. The number of nitrogens with zero attached hydrogens (tertiary/aromatic N) is 1. The zero-order chi connectivity index (χ0) is 13.8. The van der Waals surface area contributed by atoms with Crippen LogP contribution in [0.15, 0.2) is 41.2 Å². The van der Waals surface area contributed by atoms with Crippen LogP contribution in [0.4, 0.5) is 4.39 Å². The molecule has 0 aliphatic rings. The second-order valence-corrected chi connectivity index (χ2v) is 4.91. The number of furan rings is 1. The van der Waals surface area contributed by atoms with Crippen molar-refractivity contribution in [3.05, 3.63) is 59.3 Å². The third kappa shape index (κ3) is 3.62. The molecule has 1 aromatic heterocycles. The van der Waals surface area contributed by atoms with E-state index in [1.807, 2.05) is 18.0 Å². The van der Waals surface area contributed by atoms with Gasteiger partial charge >= 0.3 is 0 Å². The molecule has 0 atom stereocenters. The molecule has 0 aliphatic carbocycles. The van der Waals surface area contributed by atoms with Crippen LogP contribution in [0.25, 0.3) is 0 Å². The Labute approximate surface area is 116 Å². The molecule has 2 rings (SSSR count). The van der Waals surface area contributed by atoms with Crippen molar-refractivity contribution in [2.45, 2.75) is 13.1 Å². The van der Waals surface area contributed by atoms with E-state index in [9.17, 15) is 4.39 Å².